The first-order valence-electron chi connectivity index (χ1n) is 17.9. The Kier molecular flexibility index (Phi) is 12.6. The van der Waals surface area contributed by atoms with Gasteiger partial charge in [0.05, 0.1) is 30.2 Å². The number of halogens is 1. The molecule has 8 heterocycles. The highest BCUT2D eigenvalue weighted by Crippen LogP contribution is 2.34. The predicted octanol–water partition coefficient (Wildman–Crippen LogP) is 5.59. The van der Waals surface area contributed by atoms with Gasteiger partial charge in [0.15, 0.2) is 23.8 Å². The summed E-state index contributed by atoms with van der Waals surface area (Å²) in [5, 5.41) is 40.0. The van der Waals surface area contributed by atoms with Crippen LogP contribution in [-0.4, -0.2) is 98.1 Å². The number of thiophene rings is 2. The van der Waals surface area contributed by atoms with Crippen LogP contribution in [0.5, 0.6) is 10.4 Å². The number of aromatic nitrogens is 8. The van der Waals surface area contributed by atoms with Crippen molar-refractivity contribution in [1.29, 1.82) is 0 Å². The lowest BCUT2D eigenvalue weighted by molar-refractivity contribution is -0.128. The van der Waals surface area contributed by atoms with Gasteiger partial charge in [0.1, 0.15) is 12.2 Å². The number of rotatable bonds is 16. The van der Waals surface area contributed by atoms with E-state index >= 15 is 0 Å². The number of nitrogens with one attached hydrogen (secondary N) is 2. The highest BCUT2D eigenvalue weighted by molar-refractivity contribution is 7.17. The summed E-state index contributed by atoms with van der Waals surface area (Å²) >= 11 is 11.3. The zero-order chi connectivity index (χ0) is 40.0. The molecule has 0 aromatic carbocycles. The van der Waals surface area contributed by atoms with Crippen molar-refractivity contribution in [1.82, 2.24) is 40.8 Å². The molecule has 0 aliphatic carbocycles. The molecule has 0 spiro atoms. The molecule has 23 heteroatoms. The van der Waals surface area contributed by atoms with Crippen LogP contribution in [0.3, 0.4) is 0 Å². The Morgan fingerprint density at radius 3 is 2.03 bits per heavy atom. The lowest BCUT2D eigenvalue weighted by Gasteiger charge is -2.18. The lowest BCUT2D eigenvalue weighted by atomic mass is 10.2. The zero-order valence-electron chi connectivity index (χ0n) is 30.9. The van der Waals surface area contributed by atoms with E-state index in [1.165, 1.54) is 29.8 Å². The standard InChI is InChI=1S/C35H35ClN12O6S4/c1-19-5-6-23(55-19)28(51-2)30(49)39-32-43-45-35(57-32)54-22-10-13-48(17-22)27-14-20(15-38-42-27)18-52-29(24-7-8-25(36)56-24)31(50)40-33-44-46-34(58-33)53-21-9-12-47(16-21)26-4-3-11-37-41-26/h3-8,11,14-15,21-22,28-29H,9-10,12-13,16-18H2,1-2H3,(H,39,43,49)(H,40,44,50)/t21-,22-,28-,29+/m1/s1. The molecule has 2 aliphatic heterocycles. The molecule has 2 aliphatic rings. The number of methoxy groups -OCH3 is 1. The van der Waals surface area contributed by atoms with Gasteiger partial charge in [-0.1, -0.05) is 21.8 Å². The summed E-state index contributed by atoms with van der Waals surface area (Å²) in [6, 6.07) is 12.9. The molecule has 2 saturated heterocycles. The summed E-state index contributed by atoms with van der Waals surface area (Å²) < 4.78 is 24.4. The number of hydrogen-bond acceptors (Lipinski definition) is 20. The van der Waals surface area contributed by atoms with Gasteiger partial charge in [-0.05, 0) is 72.1 Å². The maximum Gasteiger partial charge on any atom is 0.296 e. The second kappa shape index (κ2) is 18.3. The molecule has 8 rings (SSSR count). The smallest absolute Gasteiger partial charge is 0.296 e. The fraction of sp³-hybridized carbons (Fsp3) is 0.371. The Morgan fingerprint density at radius 1 is 0.793 bits per heavy atom. The molecule has 0 bridgehead atoms. The number of aryl methyl sites for hydroxylation is 1. The largest absolute Gasteiger partial charge is 0.464 e. The average Bonchev–Trinajstić information content (AvgIpc) is 4.09. The van der Waals surface area contributed by atoms with Gasteiger partial charge < -0.3 is 28.7 Å². The van der Waals surface area contributed by atoms with Crippen LogP contribution < -0.4 is 29.9 Å². The summed E-state index contributed by atoms with van der Waals surface area (Å²) in [6.07, 6.45) is 2.66. The number of carbonyl (C=O) groups excluding carboxylic acids is 2. The van der Waals surface area contributed by atoms with Crippen molar-refractivity contribution in [3.05, 3.63) is 79.4 Å². The predicted molar refractivity (Wildman–Crippen MR) is 219 cm³/mol. The second-order valence-corrected chi connectivity index (χ2v) is 18.0. The molecule has 0 unspecified atom stereocenters. The Bertz CT molecular complexity index is 2330. The van der Waals surface area contributed by atoms with Crippen LogP contribution in [0.15, 0.2) is 54.9 Å². The molecule has 4 atom stereocenters. The van der Waals surface area contributed by atoms with Gasteiger partial charge in [0.2, 0.25) is 10.3 Å². The van der Waals surface area contributed by atoms with E-state index in [1.807, 2.05) is 42.2 Å². The molecular formula is C35H35ClN12O6S4. The summed E-state index contributed by atoms with van der Waals surface area (Å²) in [5.41, 5.74) is 0.713. The van der Waals surface area contributed by atoms with E-state index in [9.17, 15) is 9.59 Å². The van der Waals surface area contributed by atoms with E-state index in [0.29, 0.717) is 62.2 Å². The average molecular weight is 883 g/mol. The van der Waals surface area contributed by atoms with E-state index in [1.54, 1.807) is 24.5 Å². The minimum absolute atomic E-state index is 0.0631. The molecule has 6 aromatic rings. The molecule has 2 N–H and O–H groups in total. The fourth-order valence-electron chi connectivity index (χ4n) is 6.28. The first-order valence-corrected chi connectivity index (χ1v) is 21.6. The van der Waals surface area contributed by atoms with Crippen molar-refractivity contribution in [3.8, 4) is 10.4 Å². The van der Waals surface area contributed by atoms with Crippen molar-refractivity contribution < 1.29 is 28.5 Å². The number of carbonyl (C=O) groups is 2. The van der Waals surface area contributed by atoms with E-state index in [0.717, 1.165) is 51.2 Å². The van der Waals surface area contributed by atoms with Crippen molar-refractivity contribution in [2.24, 2.45) is 0 Å². The van der Waals surface area contributed by atoms with Gasteiger partial charge in [-0.2, -0.15) is 10.2 Å². The van der Waals surface area contributed by atoms with Gasteiger partial charge in [-0.15, -0.1) is 43.1 Å². The van der Waals surface area contributed by atoms with Gasteiger partial charge in [0.25, 0.3) is 22.2 Å². The lowest BCUT2D eigenvalue weighted by Crippen LogP contribution is -2.25. The maximum absolute atomic E-state index is 13.6. The maximum atomic E-state index is 13.6. The van der Waals surface area contributed by atoms with Crippen LogP contribution >= 0.6 is 56.9 Å². The minimum atomic E-state index is -0.996. The summed E-state index contributed by atoms with van der Waals surface area (Å²) in [4.78, 5) is 33.2. The summed E-state index contributed by atoms with van der Waals surface area (Å²) in [5.74, 6) is 0.652. The molecular weight excluding hydrogens is 848 g/mol. The highest BCUT2D eigenvalue weighted by atomic mass is 35.5. The van der Waals surface area contributed by atoms with Crippen LogP contribution in [-0.2, 0) is 25.7 Å². The van der Waals surface area contributed by atoms with Crippen LogP contribution in [0.25, 0.3) is 0 Å². The van der Waals surface area contributed by atoms with Crippen LogP contribution in [0.2, 0.25) is 4.34 Å². The molecule has 0 radical (unpaired) electrons. The van der Waals surface area contributed by atoms with Gasteiger partial charge in [0, 0.05) is 59.4 Å². The topological polar surface area (TPSA) is 205 Å². The Balaban J connectivity index is 0.838. The van der Waals surface area contributed by atoms with Gasteiger partial charge in [-0.25, -0.2) is 0 Å². The highest BCUT2D eigenvalue weighted by Gasteiger charge is 2.30. The molecule has 0 saturated carbocycles. The summed E-state index contributed by atoms with van der Waals surface area (Å²) in [6.45, 7) is 4.63. The van der Waals surface area contributed by atoms with Crippen molar-refractivity contribution in [2.45, 2.75) is 50.8 Å². The third-order valence-electron chi connectivity index (χ3n) is 9.00. The first kappa shape index (κ1) is 39.8. The number of nitrogens with zero attached hydrogens (tertiary/aromatic N) is 10. The SMILES string of the molecule is CO[C@@H](C(=O)Nc1nnc(O[C@@H]2CCN(c3cc(CO[C@H](C(=O)Nc4nnc(O[C@@H]5CCN(c6cccnn6)C5)s4)c4ccc(Cl)s4)cnn3)C2)s1)c1ccc(C)s1. The molecule has 2 amide bonds. The van der Waals surface area contributed by atoms with Crippen LogP contribution in [0, 0.1) is 6.92 Å². The number of hydrogen-bond donors (Lipinski definition) is 2. The van der Waals surface area contributed by atoms with E-state index in [-0.39, 0.29) is 29.9 Å². The van der Waals surface area contributed by atoms with Gasteiger partial charge in [-0.3, -0.25) is 20.2 Å². The van der Waals surface area contributed by atoms with Gasteiger partial charge >= 0.3 is 0 Å². The minimum Gasteiger partial charge on any atom is -0.464 e. The Labute approximate surface area is 352 Å². The van der Waals surface area contributed by atoms with Crippen molar-refractivity contribution in [2.75, 3.05) is 53.7 Å². The van der Waals surface area contributed by atoms with Crippen molar-refractivity contribution >= 4 is 90.7 Å². The fourth-order valence-corrected chi connectivity index (χ4v) is 9.67. The molecule has 302 valence electrons. The second-order valence-electron chi connectivity index (χ2n) is 13.1. The van der Waals surface area contributed by atoms with Crippen LogP contribution in [0.1, 0.15) is 45.2 Å². The quantitative estimate of drug-likeness (QED) is 0.122. The zero-order valence-corrected chi connectivity index (χ0v) is 34.9. The van der Waals surface area contributed by atoms with E-state index in [2.05, 4.69) is 56.3 Å². The van der Waals surface area contributed by atoms with Crippen LogP contribution in [0.4, 0.5) is 21.9 Å². The third-order valence-corrected chi connectivity index (χ3v) is 12.8. The van der Waals surface area contributed by atoms with E-state index < -0.39 is 18.1 Å². The molecule has 6 aromatic heterocycles. The van der Waals surface area contributed by atoms with Crippen molar-refractivity contribution in [3.63, 3.8) is 0 Å². The number of anilines is 4. The number of ether oxygens (including phenoxy) is 4. The third kappa shape index (κ3) is 9.82. The Morgan fingerprint density at radius 2 is 1.43 bits per heavy atom. The van der Waals surface area contributed by atoms with E-state index in [4.69, 9.17) is 30.5 Å². The normalized spacial score (nSPS) is 17.6. The molecule has 18 nitrogen and oxygen atoms in total. The molecule has 58 heavy (non-hydrogen) atoms. The first-order chi connectivity index (χ1) is 28.3. The Hall–Kier alpha value is -4.97. The molecule has 2 fully saturated rings. The number of amides is 2. The monoisotopic (exact) mass is 882 g/mol. The summed E-state index contributed by atoms with van der Waals surface area (Å²) in [7, 11) is 1.49.